The lowest BCUT2D eigenvalue weighted by Gasteiger charge is -2.32. The highest BCUT2D eigenvalue weighted by molar-refractivity contribution is 6.64. The van der Waals surface area contributed by atoms with Crippen molar-refractivity contribution in [3.8, 4) is 11.1 Å². The molecule has 0 radical (unpaired) electrons. The molecule has 25 heavy (non-hydrogen) atoms. The van der Waals surface area contributed by atoms with Gasteiger partial charge in [0, 0.05) is 30.9 Å². The summed E-state index contributed by atoms with van der Waals surface area (Å²) < 4.78 is 0. The van der Waals surface area contributed by atoms with Crippen molar-refractivity contribution in [2.24, 2.45) is 5.92 Å². The van der Waals surface area contributed by atoms with Gasteiger partial charge in [-0.05, 0) is 72.0 Å². The summed E-state index contributed by atoms with van der Waals surface area (Å²) in [5, 5.41) is 0.854. The van der Waals surface area contributed by atoms with Crippen LogP contribution >= 0.6 is 11.6 Å². The van der Waals surface area contributed by atoms with Crippen LogP contribution in [-0.4, -0.2) is 28.3 Å². The number of aromatic nitrogens is 2. The summed E-state index contributed by atoms with van der Waals surface area (Å²) in [5.74, 6) is 0.814. The first-order valence-electron chi connectivity index (χ1n) is 8.46. The van der Waals surface area contributed by atoms with Gasteiger partial charge in [-0.1, -0.05) is 6.07 Å². The van der Waals surface area contributed by atoms with Crippen molar-refractivity contribution >= 4 is 33.6 Å². The van der Waals surface area contributed by atoms with Gasteiger partial charge in [0.1, 0.15) is 5.82 Å². The molecule has 1 saturated heterocycles. The maximum Gasteiger partial charge on any atom is 0.226 e. The largest absolute Gasteiger partial charge is 0.356 e. The molecule has 5 heteroatoms. The summed E-state index contributed by atoms with van der Waals surface area (Å²) in [6.45, 7) is 1.56. The topological polar surface area (TPSA) is 46.1 Å². The van der Waals surface area contributed by atoms with Crippen LogP contribution in [0.2, 0.25) is 0 Å². The number of benzene rings is 1. The number of carbonyl (C=O) groups is 1. The van der Waals surface area contributed by atoms with E-state index < -0.39 is 0 Å². The van der Waals surface area contributed by atoms with E-state index in [1.807, 2.05) is 24.3 Å². The molecule has 2 aromatic heterocycles. The highest BCUT2D eigenvalue weighted by Crippen LogP contribution is 2.27. The van der Waals surface area contributed by atoms with Crippen molar-refractivity contribution in [2.45, 2.75) is 12.8 Å². The molecule has 0 amide bonds. The van der Waals surface area contributed by atoms with Gasteiger partial charge < -0.3 is 4.90 Å². The molecule has 3 heterocycles. The Bertz CT molecular complexity index is 913. The second kappa shape index (κ2) is 6.81. The fourth-order valence-corrected chi connectivity index (χ4v) is 3.56. The lowest BCUT2D eigenvalue weighted by molar-refractivity contribution is -0.115. The average Bonchev–Trinajstić information content (AvgIpc) is 2.68. The van der Waals surface area contributed by atoms with E-state index in [4.69, 9.17) is 16.6 Å². The minimum absolute atomic E-state index is 0.0954. The van der Waals surface area contributed by atoms with Gasteiger partial charge in [0.15, 0.2) is 0 Å². The molecular formula is C20H18ClN3O. The Kier molecular flexibility index (Phi) is 4.36. The lowest BCUT2D eigenvalue weighted by Crippen LogP contribution is -2.38. The van der Waals surface area contributed by atoms with Gasteiger partial charge in [-0.25, -0.2) is 4.98 Å². The fourth-order valence-electron chi connectivity index (χ4n) is 3.39. The van der Waals surface area contributed by atoms with Gasteiger partial charge in [-0.15, -0.1) is 0 Å². The Morgan fingerprint density at radius 2 is 1.92 bits per heavy atom. The van der Waals surface area contributed by atoms with E-state index >= 15 is 0 Å². The molecule has 4 rings (SSSR count). The van der Waals surface area contributed by atoms with Crippen LogP contribution in [0.1, 0.15) is 12.8 Å². The van der Waals surface area contributed by atoms with Crippen LogP contribution in [0.15, 0.2) is 54.9 Å². The molecule has 1 aromatic carbocycles. The van der Waals surface area contributed by atoms with Crippen molar-refractivity contribution in [1.29, 1.82) is 0 Å². The Morgan fingerprint density at radius 1 is 1.08 bits per heavy atom. The van der Waals surface area contributed by atoms with Crippen LogP contribution in [-0.2, 0) is 4.79 Å². The molecule has 1 fully saturated rings. The van der Waals surface area contributed by atoms with Gasteiger partial charge in [0.2, 0.25) is 5.24 Å². The molecule has 0 N–H and O–H groups in total. The number of carbonyl (C=O) groups excluding carboxylic acids is 1. The lowest BCUT2D eigenvalue weighted by atomic mass is 9.99. The Labute approximate surface area is 151 Å². The second-order valence-corrected chi connectivity index (χ2v) is 6.77. The SMILES string of the molecule is O=C(Cl)C1CCCN(c2ccc3cc(-c4ccncc4)ccc3n2)C1. The molecule has 1 unspecified atom stereocenters. The van der Waals surface area contributed by atoms with Gasteiger partial charge in [0.25, 0.3) is 0 Å². The predicted molar refractivity (Wildman–Crippen MR) is 101 cm³/mol. The number of rotatable bonds is 3. The smallest absolute Gasteiger partial charge is 0.226 e. The number of hydrogen-bond acceptors (Lipinski definition) is 4. The van der Waals surface area contributed by atoms with Gasteiger partial charge in [-0.2, -0.15) is 0 Å². The van der Waals surface area contributed by atoms with E-state index in [9.17, 15) is 4.79 Å². The van der Waals surface area contributed by atoms with E-state index in [-0.39, 0.29) is 11.2 Å². The van der Waals surface area contributed by atoms with Gasteiger partial charge in [-0.3, -0.25) is 9.78 Å². The summed E-state index contributed by atoms with van der Waals surface area (Å²) >= 11 is 5.69. The first-order valence-corrected chi connectivity index (χ1v) is 8.84. The number of pyridine rings is 2. The molecule has 0 spiro atoms. The zero-order valence-electron chi connectivity index (χ0n) is 13.7. The van der Waals surface area contributed by atoms with Crippen LogP contribution in [0.5, 0.6) is 0 Å². The molecule has 0 aliphatic carbocycles. The highest BCUT2D eigenvalue weighted by atomic mass is 35.5. The second-order valence-electron chi connectivity index (χ2n) is 6.40. The van der Waals surface area contributed by atoms with Crippen molar-refractivity contribution in [3.05, 3.63) is 54.9 Å². The monoisotopic (exact) mass is 351 g/mol. The summed E-state index contributed by atoms with van der Waals surface area (Å²) in [6, 6.07) is 14.4. The van der Waals surface area contributed by atoms with Crippen LogP contribution in [0, 0.1) is 5.92 Å². The third-order valence-electron chi connectivity index (χ3n) is 4.75. The van der Waals surface area contributed by atoms with Crippen molar-refractivity contribution in [1.82, 2.24) is 9.97 Å². The maximum atomic E-state index is 11.5. The number of fused-ring (bicyclic) bond motifs is 1. The van der Waals surface area contributed by atoms with E-state index in [0.29, 0.717) is 6.54 Å². The quantitative estimate of drug-likeness (QED) is 0.661. The average molecular weight is 352 g/mol. The van der Waals surface area contributed by atoms with Crippen molar-refractivity contribution < 1.29 is 4.79 Å². The number of halogens is 1. The van der Waals surface area contributed by atoms with Crippen molar-refractivity contribution in [2.75, 3.05) is 18.0 Å². The highest BCUT2D eigenvalue weighted by Gasteiger charge is 2.25. The summed E-state index contributed by atoms with van der Waals surface area (Å²) in [4.78, 5) is 22.5. The Balaban J connectivity index is 1.64. The van der Waals surface area contributed by atoms with Crippen LogP contribution < -0.4 is 4.90 Å². The molecule has 4 nitrogen and oxygen atoms in total. The summed E-state index contributed by atoms with van der Waals surface area (Å²) in [5.41, 5.74) is 3.24. The maximum absolute atomic E-state index is 11.5. The van der Waals surface area contributed by atoms with Crippen LogP contribution in [0.4, 0.5) is 5.82 Å². The van der Waals surface area contributed by atoms with E-state index in [1.54, 1.807) is 12.4 Å². The van der Waals surface area contributed by atoms with Crippen molar-refractivity contribution in [3.63, 3.8) is 0 Å². The molecule has 1 atom stereocenters. The standard InChI is InChI=1S/C20H18ClN3O/c21-20(25)17-2-1-11-24(13-17)19-6-4-16-12-15(3-5-18(16)23-19)14-7-9-22-10-8-14/h3-10,12,17H,1-2,11,13H2. The Hall–Kier alpha value is -2.46. The van der Waals surface area contributed by atoms with Crippen LogP contribution in [0.25, 0.3) is 22.0 Å². The first-order chi connectivity index (χ1) is 12.2. The number of piperidine rings is 1. The normalized spacial score (nSPS) is 17.6. The van der Waals surface area contributed by atoms with E-state index in [1.165, 1.54) is 0 Å². The van der Waals surface area contributed by atoms with Gasteiger partial charge >= 0.3 is 0 Å². The van der Waals surface area contributed by atoms with E-state index in [0.717, 1.165) is 47.2 Å². The first kappa shape index (κ1) is 16.0. The Morgan fingerprint density at radius 3 is 2.72 bits per heavy atom. The molecule has 1 aliphatic rings. The van der Waals surface area contributed by atoms with E-state index in [2.05, 4.69) is 28.1 Å². The zero-order valence-corrected chi connectivity index (χ0v) is 14.5. The summed E-state index contributed by atoms with van der Waals surface area (Å²) in [7, 11) is 0. The number of nitrogens with zero attached hydrogens (tertiary/aromatic N) is 3. The minimum Gasteiger partial charge on any atom is -0.356 e. The third-order valence-corrected chi connectivity index (χ3v) is 5.06. The molecular weight excluding hydrogens is 334 g/mol. The molecule has 0 bridgehead atoms. The molecule has 126 valence electrons. The molecule has 3 aromatic rings. The number of anilines is 1. The minimum atomic E-state index is -0.243. The molecule has 1 aliphatic heterocycles. The van der Waals surface area contributed by atoms with Gasteiger partial charge in [0.05, 0.1) is 11.4 Å². The third kappa shape index (κ3) is 3.35. The molecule has 0 saturated carbocycles. The fraction of sp³-hybridized carbons (Fsp3) is 0.250. The van der Waals surface area contributed by atoms with Crippen LogP contribution in [0.3, 0.4) is 0 Å². The number of hydrogen-bond donors (Lipinski definition) is 0. The predicted octanol–water partition coefficient (Wildman–Crippen LogP) is 4.28. The zero-order chi connectivity index (χ0) is 17.2. The summed E-state index contributed by atoms with van der Waals surface area (Å²) in [6.07, 6.45) is 5.42.